The van der Waals surface area contributed by atoms with Gasteiger partial charge in [-0.05, 0) is 37.8 Å². The molecule has 19 heavy (non-hydrogen) atoms. The van der Waals surface area contributed by atoms with Gasteiger partial charge in [-0.1, -0.05) is 0 Å². The number of nitrogens with zero attached hydrogens (tertiary/aromatic N) is 1. The Balaban J connectivity index is 1.82. The molecular weight excluding hydrogens is 242 g/mol. The lowest BCUT2D eigenvalue weighted by molar-refractivity contribution is -0.886. The number of amides is 1. The lowest BCUT2D eigenvalue weighted by Gasteiger charge is -2.23. The molecule has 0 aliphatic heterocycles. The minimum atomic E-state index is -0.706. The summed E-state index contributed by atoms with van der Waals surface area (Å²) in [6.45, 7) is 2.81. The van der Waals surface area contributed by atoms with Crippen LogP contribution in [0, 0.1) is 17.2 Å². The van der Waals surface area contributed by atoms with Gasteiger partial charge < -0.3 is 14.6 Å². The van der Waals surface area contributed by atoms with E-state index in [1.54, 1.807) is 6.26 Å². The monoisotopic (exact) mass is 262 g/mol. The molecule has 1 unspecified atom stereocenters. The highest BCUT2D eigenvalue weighted by molar-refractivity contribution is 5.78. The van der Waals surface area contributed by atoms with Gasteiger partial charge in [0.1, 0.15) is 12.1 Å². The van der Waals surface area contributed by atoms with Crippen LogP contribution in [0.4, 0.5) is 0 Å². The van der Waals surface area contributed by atoms with Crippen molar-refractivity contribution in [2.24, 2.45) is 5.92 Å². The first-order valence-corrected chi connectivity index (χ1v) is 6.59. The van der Waals surface area contributed by atoms with Crippen molar-refractivity contribution in [2.45, 2.75) is 31.8 Å². The van der Waals surface area contributed by atoms with E-state index < -0.39 is 5.54 Å². The van der Waals surface area contributed by atoms with Crippen molar-refractivity contribution < 1.29 is 14.1 Å². The van der Waals surface area contributed by atoms with Crippen molar-refractivity contribution in [3.8, 4) is 6.07 Å². The number of hydrogen-bond acceptors (Lipinski definition) is 3. The molecule has 0 saturated heterocycles. The third kappa shape index (κ3) is 3.58. The Hall–Kier alpha value is -1.80. The third-order valence-electron chi connectivity index (χ3n) is 3.54. The zero-order valence-corrected chi connectivity index (χ0v) is 11.4. The Morgan fingerprint density at radius 2 is 2.42 bits per heavy atom. The maximum atomic E-state index is 12.0. The normalized spacial score (nSPS) is 19.2. The smallest absolute Gasteiger partial charge is 0.276 e. The van der Waals surface area contributed by atoms with Gasteiger partial charge >= 0.3 is 0 Å². The summed E-state index contributed by atoms with van der Waals surface area (Å²) < 4.78 is 5.25. The van der Waals surface area contributed by atoms with E-state index in [1.165, 1.54) is 0 Å². The molecule has 1 amide bonds. The van der Waals surface area contributed by atoms with E-state index in [9.17, 15) is 10.1 Å². The topological polar surface area (TPSA) is 70.5 Å². The largest absolute Gasteiger partial charge is 0.463 e. The molecule has 0 spiro atoms. The summed E-state index contributed by atoms with van der Waals surface area (Å²) in [5.74, 6) is 1.09. The summed E-state index contributed by atoms with van der Waals surface area (Å²) in [6, 6.07) is 5.96. The van der Waals surface area contributed by atoms with Crippen molar-refractivity contribution in [1.82, 2.24) is 5.32 Å². The number of nitrogens with one attached hydrogen (secondary N) is 2. The number of quaternary nitrogens is 1. The molecule has 1 fully saturated rings. The molecule has 2 N–H and O–H groups in total. The van der Waals surface area contributed by atoms with Gasteiger partial charge in [0, 0.05) is 0 Å². The van der Waals surface area contributed by atoms with E-state index in [-0.39, 0.29) is 5.91 Å². The van der Waals surface area contributed by atoms with Crippen LogP contribution in [0.25, 0.3) is 0 Å². The lowest BCUT2D eigenvalue weighted by atomic mass is 9.98. The van der Waals surface area contributed by atoms with Crippen LogP contribution in [0.3, 0.4) is 0 Å². The van der Waals surface area contributed by atoms with Crippen LogP contribution in [0.5, 0.6) is 0 Å². The summed E-state index contributed by atoms with van der Waals surface area (Å²) in [7, 11) is 1.93. The number of carbonyl (C=O) groups excluding carboxylic acids is 1. The van der Waals surface area contributed by atoms with Gasteiger partial charge in [-0.3, -0.25) is 4.79 Å². The average molecular weight is 262 g/mol. The number of carbonyl (C=O) groups is 1. The number of nitriles is 1. The fourth-order valence-corrected chi connectivity index (χ4v) is 2.26. The van der Waals surface area contributed by atoms with Crippen LogP contribution in [0.15, 0.2) is 22.8 Å². The Morgan fingerprint density at radius 1 is 1.68 bits per heavy atom. The molecule has 0 bridgehead atoms. The zero-order chi connectivity index (χ0) is 13.9. The highest BCUT2D eigenvalue weighted by Gasteiger charge is 2.43. The fraction of sp³-hybridized carbons (Fsp3) is 0.571. The summed E-state index contributed by atoms with van der Waals surface area (Å²) in [6.07, 6.45) is 3.68. The van der Waals surface area contributed by atoms with Crippen molar-refractivity contribution in [3.63, 3.8) is 0 Å². The summed E-state index contributed by atoms with van der Waals surface area (Å²) in [5, 5.41) is 12.1. The molecule has 1 heterocycles. The molecule has 5 nitrogen and oxygen atoms in total. The zero-order valence-electron chi connectivity index (χ0n) is 11.4. The molecule has 1 aliphatic carbocycles. The Morgan fingerprint density at radius 3 is 2.95 bits per heavy atom. The Labute approximate surface area is 113 Å². The first-order valence-electron chi connectivity index (χ1n) is 6.59. The van der Waals surface area contributed by atoms with Crippen LogP contribution >= 0.6 is 0 Å². The van der Waals surface area contributed by atoms with Gasteiger partial charge in [0.05, 0.1) is 19.4 Å². The average Bonchev–Trinajstić information content (AvgIpc) is 3.10. The Bertz CT molecular complexity index is 473. The first kappa shape index (κ1) is 13.6. The van der Waals surface area contributed by atoms with Crippen molar-refractivity contribution >= 4 is 5.91 Å². The molecule has 2 atom stereocenters. The minimum Gasteiger partial charge on any atom is -0.463 e. The molecule has 2 rings (SSSR count). The number of rotatable bonds is 6. The molecule has 1 saturated carbocycles. The van der Waals surface area contributed by atoms with Gasteiger partial charge in [0.25, 0.3) is 5.91 Å². The fourth-order valence-electron chi connectivity index (χ4n) is 2.26. The van der Waals surface area contributed by atoms with Crippen LogP contribution in [-0.2, 0) is 11.3 Å². The van der Waals surface area contributed by atoms with Crippen molar-refractivity contribution in [2.75, 3.05) is 13.6 Å². The number of hydrogen-bond donors (Lipinski definition) is 2. The van der Waals surface area contributed by atoms with Gasteiger partial charge in [-0.2, -0.15) is 5.26 Å². The number of likely N-dealkylation sites (N-methyl/N-ethyl adjacent to an activating group) is 1. The molecule has 0 aromatic carbocycles. The summed E-state index contributed by atoms with van der Waals surface area (Å²) in [4.78, 5) is 13.0. The molecule has 0 radical (unpaired) electrons. The van der Waals surface area contributed by atoms with E-state index in [4.69, 9.17) is 4.42 Å². The molecule has 1 aromatic heterocycles. The van der Waals surface area contributed by atoms with Crippen LogP contribution in [-0.4, -0.2) is 25.0 Å². The highest BCUT2D eigenvalue weighted by Crippen LogP contribution is 2.38. The molecular formula is C14H20N3O2+. The second-order valence-corrected chi connectivity index (χ2v) is 5.53. The van der Waals surface area contributed by atoms with Crippen molar-refractivity contribution in [1.29, 1.82) is 5.26 Å². The van der Waals surface area contributed by atoms with Crippen LogP contribution < -0.4 is 10.2 Å². The molecule has 102 valence electrons. The first-order chi connectivity index (χ1) is 9.03. The van der Waals surface area contributed by atoms with Crippen molar-refractivity contribution in [3.05, 3.63) is 24.2 Å². The van der Waals surface area contributed by atoms with E-state index >= 15 is 0 Å². The third-order valence-corrected chi connectivity index (χ3v) is 3.54. The number of furan rings is 1. The standard InChI is InChI=1S/C14H19N3O2/c1-14(10-15,11-5-6-11)16-13(18)9-17(2)8-12-4-3-7-19-12/h3-4,7,11H,5-6,8-9H2,1-2H3,(H,16,18)/p+1/t14-/m1/s1. The maximum absolute atomic E-state index is 12.0. The highest BCUT2D eigenvalue weighted by atomic mass is 16.3. The molecule has 5 heteroatoms. The lowest BCUT2D eigenvalue weighted by Crippen LogP contribution is -3.09. The van der Waals surface area contributed by atoms with E-state index in [0.717, 1.165) is 23.5 Å². The predicted molar refractivity (Wildman–Crippen MR) is 69.1 cm³/mol. The summed E-state index contributed by atoms with van der Waals surface area (Å²) in [5.41, 5.74) is -0.706. The molecule has 1 aromatic rings. The van der Waals surface area contributed by atoms with E-state index in [0.29, 0.717) is 19.0 Å². The second kappa shape index (κ2) is 5.45. The summed E-state index contributed by atoms with van der Waals surface area (Å²) >= 11 is 0. The molecule has 1 aliphatic rings. The predicted octanol–water partition coefficient (Wildman–Crippen LogP) is 0.103. The van der Waals surface area contributed by atoms with E-state index in [1.807, 2.05) is 26.1 Å². The van der Waals surface area contributed by atoms with Crippen LogP contribution in [0.1, 0.15) is 25.5 Å². The maximum Gasteiger partial charge on any atom is 0.276 e. The SMILES string of the molecule is C[NH+](CC(=O)N[C@](C)(C#N)C1CC1)Cc1ccco1. The van der Waals surface area contributed by atoms with Gasteiger partial charge in [-0.15, -0.1) is 0 Å². The van der Waals surface area contributed by atoms with Gasteiger partial charge in [0.15, 0.2) is 12.3 Å². The van der Waals surface area contributed by atoms with E-state index in [2.05, 4.69) is 11.4 Å². The minimum absolute atomic E-state index is 0.0833. The quantitative estimate of drug-likeness (QED) is 0.764. The van der Waals surface area contributed by atoms with Gasteiger partial charge in [0.2, 0.25) is 0 Å². The second-order valence-electron chi connectivity index (χ2n) is 5.53. The van der Waals surface area contributed by atoms with Crippen LogP contribution in [0.2, 0.25) is 0 Å². The van der Waals surface area contributed by atoms with Gasteiger partial charge in [-0.25, -0.2) is 0 Å². The Kier molecular flexibility index (Phi) is 3.91.